The van der Waals surface area contributed by atoms with Gasteiger partial charge in [-0.3, -0.25) is 5.10 Å². The van der Waals surface area contributed by atoms with Gasteiger partial charge < -0.3 is 0 Å². The van der Waals surface area contributed by atoms with Crippen molar-refractivity contribution in [3.8, 4) is 17.3 Å². The highest BCUT2D eigenvalue weighted by Gasteiger charge is 2.07. The van der Waals surface area contributed by atoms with Crippen LogP contribution in [0, 0.1) is 11.3 Å². The first-order chi connectivity index (χ1) is 6.81. The summed E-state index contributed by atoms with van der Waals surface area (Å²) < 4.78 is 0. The quantitative estimate of drug-likeness (QED) is 0.773. The highest BCUT2D eigenvalue weighted by Crippen LogP contribution is 2.23. The lowest BCUT2D eigenvalue weighted by Crippen LogP contribution is -1.84. The van der Waals surface area contributed by atoms with Crippen molar-refractivity contribution in [2.45, 2.75) is 0 Å². The molecule has 1 aromatic carbocycles. The predicted octanol–water partition coefficient (Wildman–Crippen LogP) is 2.00. The number of aromatic nitrogens is 3. The summed E-state index contributed by atoms with van der Waals surface area (Å²) >= 11 is 5.82. The maximum Gasteiger partial charge on any atom is 0.114 e. The molecule has 0 bridgehead atoms. The summed E-state index contributed by atoms with van der Waals surface area (Å²) in [5.74, 6) is 0. The van der Waals surface area contributed by atoms with Crippen LogP contribution in [0.1, 0.15) is 5.56 Å². The monoisotopic (exact) mass is 204 g/mol. The molecule has 0 saturated carbocycles. The fraction of sp³-hybridized carbons (Fsp3) is 0. The number of hydrogen-bond acceptors (Lipinski definition) is 3. The zero-order valence-corrected chi connectivity index (χ0v) is 7.78. The van der Waals surface area contributed by atoms with E-state index in [0.29, 0.717) is 21.8 Å². The van der Waals surface area contributed by atoms with Crippen molar-refractivity contribution in [3.63, 3.8) is 0 Å². The summed E-state index contributed by atoms with van der Waals surface area (Å²) in [5, 5.41) is 19.4. The van der Waals surface area contributed by atoms with Gasteiger partial charge in [0, 0.05) is 10.6 Å². The van der Waals surface area contributed by atoms with E-state index in [1.165, 1.54) is 0 Å². The summed E-state index contributed by atoms with van der Waals surface area (Å²) in [6.07, 6.45) is 1.62. The second-order valence-electron chi connectivity index (χ2n) is 2.66. The van der Waals surface area contributed by atoms with Crippen LogP contribution < -0.4 is 0 Å². The average molecular weight is 205 g/mol. The number of halogens is 1. The van der Waals surface area contributed by atoms with Crippen molar-refractivity contribution in [2.24, 2.45) is 0 Å². The van der Waals surface area contributed by atoms with Crippen molar-refractivity contribution >= 4 is 11.6 Å². The van der Waals surface area contributed by atoms with Gasteiger partial charge in [0.15, 0.2) is 0 Å². The Hall–Kier alpha value is -1.86. The highest BCUT2D eigenvalue weighted by molar-refractivity contribution is 6.30. The van der Waals surface area contributed by atoms with Crippen LogP contribution in [0.2, 0.25) is 5.02 Å². The minimum atomic E-state index is 0.531. The summed E-state index contributed by atoms with van der Waals surface area (Å²) in [6.45, 7) is 0. The molecule has 0 aliphatic carbocycles. The number of nitrogens with one attached hydrogen (secondary N) is 1. The van der Waals surface area contributed by atoms with Gasteiger partial charge in [-0.05, 0) is 18.2 Å². The maximum atomic E-state index is 8.86. The molecule has 0 aliphatic heterocycles. The van der Waals surface area contributed by atoms with E-state index in [2.05, 4.69) is 21.5 Å². The van der Waals surface area contributed by atoms with Crippen molar-refractivity contribution in [3.05, 3.63) is 35.0 Å². The molecule has 0 amide bonds. The molecular weight excluding hydrogens is 200 g/mol. The molecule has 4 nitrogen and oxygen atoms in total. The Morgan fingerprint density at radius 3 is 2.93 bits per heavy atom. The number of benzene rings is 1. The molecule has 2 aromatic rings. The maximum absolute atomic E-state index is 8.86. The molecule has 0 unspecified atom stereocenters. The predicted molar refractivity (Wildman–Crippen MR) is 51.5 cm³/mol. The molecule has 0 spiro atoms. The van der Waals surface area contributed by atoms with Crippen LogP contribution in [-0.4, -0.2) is 15.4 Å². The van der Waals surface area contributed by atoms with Gasteiger partial charge >= 0.3 is 0 Å². The van der Waals surface area contributed by atoms with Crippen molar-refractivity contribution < 1.29 is 0 Å². The van der Waals surface area contributed by atoms with E-state index in [1.807, 2.05) is 0 Å². The van der Waals surface area contributed by atoms with Crippen LogP contribution in [0.5, 0.6) is 0 Å². The molecule has 5 heteroatoms. The van der Waals surface area contributed by atoms with E-state index in [9.17, 15) is 0 Å². The Kier molecular flexibility index (Phi) is 2.17. The number of H-pyrrole nitrogens is 1. The van der Waals surface area contributed by atoms with Crippen LogP contribution in [0.25, 0.3) is 11.3 Å². The Morgan fingerprint density at radius 2 is 2.29 bits per heavy atom. The normalized spacial score (nSPS) is 9.71. The van der Waals surface area contributed by atoms with Gasteiger partial charge in [-0.2, -0.15) is 5.26 Å². The number of hydrogen-bond donors (Lipinski definition) is 1. The zero-order chi connectivity index (χ0) is 9.97. The number of nitrogens with zero attached hydrogens (tertiary/aromatic N) is 3. The third-order valence-corrected chi connectivity index (χ3v) is 2.03. The lowest BCUT2D eigenvalue weighted by Gasteiger charge is -1.99. The molecule has 0 radical (unpaired) electrons. The Balaban J connectivity index is 2.63. The molecule has 1 heterocycles. The van der Waals surface area contributed by atoms with Crippen molar-refractivity contribution in [1.82, 2.24) is 15.4 Å². The van der Waals surface area contributed by atoms with Gasteiger partial charge in [-0.25, -0.2) is 0 Å². The molecular formula is C9H5ClN4. The minimum absolute atomic E-state index is 0.531. The van der Waals surface area contributed by atoms with Gasteiger partial charge in [-0.15, -0.1) is 5.10 Å². The van der Waals surface area contributed by atoms with Crippen LogP contribution in [-0.2, 0) is 0 Å². The number of aromatic amines is 1. The molecule has 0 atom stereocenters. The first kappa shape index (κ1) is 8.73. The molecule has 2 rings (SSSR count). The molecule has 0 fully saturated rings. The lowest BCUT2D eigenvalue weighted by molar-refractivity contribution is 0.942. The number of nitriles is 1. The Bertz CT molecular complexity index is 484. The highest BCUT2D eigenvalue weighted by atomic mass is 35.5. The smallest absolute Gasteiger partial charge is 0.114 e. The summed E-state index contributed by atoms with van der Waals surface area (Å²) in [4.78, 5) is 0. The minimum Gasteiger partial charge on any atom is -0.265 e. The van der Waals surface area contributed by atoms with Crippen molar-refractivity contribution in [2.75, 3.05) is 0 Å². The van der Waals surface area contributed by atoms with Crippen LogP contribution in [0.3, 0.4) is 0 Å². The molecule has 0 saturated heterocycles. The second kappa shape index (κ2) is 3.48. The average Bonchev–Trinajstić information content (AvgIpc) is 2.70. The van der Waals surface area contributed by atoms with Gasteiger partial charge in [0.05, 0.1) is 17.8 Å². The van der Waals surface area contributed by atoms with Crippen LogP contribution >= 0.6 is 11.6 Å². The van der Waals surface area contributed by atoms with E-state index in [-0.39, 0.29) is 0 Å². The van der Waals surface area contributed by atoms with E-state index in [4.69, 9.17) is 16.9 Å². The second-order valence-corrected chi connectivity index (χ2v) is 3.10. The first-order valence-electron chi connectivity index (χ1n) is 3.88. The first-order valence-corrected chi connectivity index (χ1v) is 4.25. The zero-order valence-electron chi connectivity index (χ0n) is 7.03. The van der Waals surface area contributed by atoms with E-state index in [0.717, 1.165) is 0 Å². The third-order valence-electron chi connectivity index (χ3n) is 1.79. The van der Waals surface area contributed by atoms with Crippen LogP contribution in [0.15, 0.2) is 24.4 Å². The largest absolute Gasteiger partial charge is 0.265 e. The fourth-order valence-corrected chi connectivity index (χ4v) is 1.33. The standard InChI is InChI=1S/C9H5ClN4/c10-7-2-1-6(4-11)8(3-7)9-5-12-14-13-9/h1-3,5H,(H,12,13,14). The summed E-state index contributed by atoms with van der Waals surface area (Å²) in [6, 6.07) is 7.09. The molecule has 1 aromatic heterocycles. The molecule has 14 heavy (non-hydrogen) atoms. The van der Waals surface area contributed by atoms with E-state index >= 15 is 0 Å². The topological polar surface area (TPSA) is 65.4 Å². The Labute approximate surface area is 85.1 Å². The fourth-order valence-electron chi connectivity index (χ4n) is 1.16. The van der Waals surface area contributed by atoms with Gasteiger partial charge in [0.1, 0.15) is 5.69 Å². The van der Waals surface area contributed by atoms with Crippen molar-refractivity contribution in [1.29, 1.82) is 5.26 Å². The van der Waals surface area contributed by atoms with Crippen LogP contribution in [0.4, 0.5) is 0 Å². The summed E-state index contributed by atoms with van der Waals surface area (Å²) in [5.41, 5.74) is 1.83. The SMILES string of the molecule is N#Cc1ccc(Cl)cc1-c1c[nH]nn1. The number of rotatable bonds is 1. The third kappa shape index (κ3) is 1.45. The molecule has 1 N–H and O–H groups in total. The molecule has 0 aliphatic rings. The van der Waals surface area contributed by atoms with E-state index < -0.39 is 0 Å². The van der Waals surface area contributed by atoms with Gasteiger partial charge in [0.25, 0.3) is 0 Å². The Morgan fingerprint density at radius 1 is 1.43 bits per heavy atom. The molecule has 68 valence electrons. The van der Waals surface area contributed by atoms with Gasteiger partial charge in [-0.1, -0.05) is 16.8 Å². The van der Waals surface area contributed by atoms with Gasteiger partial charge in [0.2, 0.25) is 0 Å². The summed E-state index contributed by atoms with van der Waals surface area (Å²) in [7, 11) is 0. The van der Waals surface area contributed by atoms with E-state index in [1.54, 1.807) is 24.4 Å². The lowest BCUT2D eigenvalue weighted by atomic mass is 10.1.